The summed E-state index contributed by atoms with van der Waals surface area (Å²) in [5.74, 6) is 0.840. The molecular formula is C11H11Br2N3. The largest absolute Gasteiger partial charge is 0.233 e. The highest BCUT2D eigenvalue weighted by Crippen LogP contribution is 2.23. The zero-order chi connectivity index (χ0) is 11.9. The van der Waals surface area contributed by atoms with Gasteiger partial charge in [0.2, 0.25) is 0 Å². The van der Waals surface area contributed by atoms with Gasteiger partial charge in [-0.3, -0.25) is 0 Å². The van der Waals surface area contributed by atoms with Crippen LogP contribution < -0.4 is 0 Å². The summed E-state index contributed by atoms with van der Waals surface area (Å²) in [4.78, 5) is 4.49. The fraction of sp³-hybridized carbons (Fsp3) is 0.273. The molecule has 0 saturated carbocycles. The molecule has 84 valence electrons. The number of nitrogens with zero attached hydrogens (tertiary/aromatic N) is 3. The lowest BCUT2D eigenvalue weighted by molar-refractivity contribution is 0.800. The number of halogens is 2. The summed E-state index contributed by atoms with van der Waals surface area (Å²) in [6.07, 6.45) is 0. The van der Waals surface area contributed by atoms with Crippen LogP contribution in [0.4, 0.5) is 0 Å². The topological polar surface area (TPSA) is 30.7 Å². The van der Waals surface area contributed by atoms with Gasteiger partial charge in [-0.05, 0) is 64.8 Å². The fourth-order valence-electron chi connectivity index (χ4n) is 1.50. The van der Waals surface area contributed by atoms with Crippen molar-refractivity contribution in [2.24, 2.45) is 0 Å². The second-order valence-corrected chi connectivity index (χ2v) is 5.28. The molecule has 0 bridgehead atoms. The normalized spacial score (nSPS) is 10.8. The Morgan fingerprint density at radius 1 is 1.06 bits per heavy atom. The second-order valence-electron chi connectivity index (χ2n) is 3.63. The van der Waals surface area contributed by atoms with Gasteiger partial charge in [0.25, 0.3) is 0 Å². The first-order valence-electron chi connectivity index (χ1n) is 4.86. The van der Waals surface area contributed by atoms with Crippen molar-refractivity contribution in [1.82, 2.24) is 14.8 Å². The first kappa shape index (κ1) is 11.8. The summed E-state index contributed by atoms with van der Waals surface area (Å²) in [7, 11) is 0. The summed E-state index contributed by atoms with van der Waals surface area (Å²) in [6, 6.07) is 3.94. The monoisotopic (exact) mass is 343 g/mol. The summed E-state index contributed by atoms with van der Waals surface area (Å²) in [5.41, 5.74) is 2.99. The highest BCUT2D eigenvalue weighted by Gasteiger charge is 2.11. The fourth-order valence-corrected chi connectivity index (χ4v) is 1.96. The minimum absolute atomic E-state index is 0.840. The maximum absolute atomic E-state index is 4.49. The van der Waals surface area contributed by atoms with E-state index in [1.54, 1.807) is 0 Å². The molecule has 0 atom stereocenters. The van der Waals surface area contributed by atoms with Crippen LogP contribution in [0.2, 0.25) is 0 Å². The molecule has 2 aromatic heterocycles. The Morgan fingerprint density at radius 2 is 1.75 bits per heavy atom. The molecule has 0 radical (unpaired) electrons. The first-order chi connectivity index (χ1) is 7.50. The van der Waals surface area contributed by atoms with E-state index in [1.807, 2.05) is 37.6 Å². The average Bonchev–Trinajstić information content (AvgIpc) is 2.50. The van der Waals surface area contributed by atoms with Gasteiger partial charge in [0.05, 0.1) is 21.6 Å². The maximum atomic E-state index is 4.49. The van der Waals surface area contributed by atoms with E-state index < -0.39 is 0 Å². The SMILES string of the molecule is Cc1nc(-n2nc(C)c(Br)c2C)ccc1Br. The van der Waals surface area contributed by atoms with Crippen LogP contribution in [0.1, 0.15) is 17.1 Å². The molecule has 0 spiro atoms. The summed E-state index contributed by atoms with van der Waals surface area (Å²) < 4.78 is 3.89. The van der Waals surface area contributed by atoms with Crippen LogP contribution in [0.15, 0.2) is 21.1 Å². The van der Waals surface area contributed by atoms with Crippen molar-refractivity contribution in [2.75, 3.05) is 0 Å². The quantitative estimate of drug-likeness (QED) is 0.789. The number of aromatic nitrogens is 3. The molecule has 0 aliphatic rings. The third-order valence-electron chi connectivity index (χ3n) is 2.43. The zero-order valence-electron chi connectivity index (χ0n) is 9.25. The average molecular weight is 345 g/mol. The molecule has 0 fully saturated rings. The predicted octanol–water partition coefficient (Wildman–Crippen LogP) is 3.72. The summed E-state index contributed by atoms with van der Waals surface area (Å²) >= 11 is 6.95. The number of rotatable bonds is 1. The molecule has 2 aromatic rings. The first-order valence-corrected chi connectivity index (χ1v) is 6.44. The second kappa shape index (κ2) is 4.30. The van der Waals surface area contributed by atoms with Crippen LogP contribution in [0.5, 0.6) is 0 Å². The van der Waals surface area contributed by atoms with Crippen molar-refractivity contribution in [2.45, 2.75) is 20.8 Å². The van der Waals surface area contributed by atoms with Crippen molar-refractivity contribution in [3.05, 3.63) is 38.2 Å². The molecular weight excluding hydrogens is 334 g/mol. The predicted molar refractivity (Wildman–Crippen MR) is 71.0 cm³/mol. The molecule has 5 heteroatoms. The molecule has 0 unspecified atom stereocenters. The molecule has 3 nitrogen and oxygen atoms in total. The van der Waals surface area contributed by atoms with E-state index in [9.17, 15) is 0 Å². The van der Waals surface area contributed by atoms with E-state index in [2.05, 4.69) is 41.9 Å². The molecule has 0 aromatic carbocycles. The van der Waals surface area contributed by atoms with Gasteiger partial charge in [-0.15, -0.1) is 0 Å². The Morgan fingerprint density at radius 3 is 2.25 bits per heavy atom. The zero-order valence-corrected chi connectivity index (χ0v) is 12.4. The van der Waals surface area contributed by atoms with Gasteiger partial charge in [0.15, 0.2) is 5.82 Å². The number of hydrogen-bond donors (Lipinski definition) is 0. The van der Waals surface area contributed by atoms with Crippen molar-refractivity contribution in [3.8, 4) is 5.82 Å². The van der Waals surface area contributed by atoms with Gasteiger partial charge < -0.3 is 0 Å². The van der Waals surface area contributed by atoms with E-state index in [0.29, 0.717) is 0 Å². The van der Waals surface area contributed by atoms with Gasteiger partial charge in [-0.25, -0.2) is 9.67 Å². The molecule has 2 rings (SSSR count). The van der Waals surface area contributed by atoms with Crippen molar-refractivity contribution >= 4 is 31.9 Å². The molecule has 0 saturated heterocycles. The van der Waals surface area contributed by atoms with Crippen molar-refractivity contribution in [1.29, 1.82) is 0 Å². The van der Waals surface area contributed by atoms with E-state index >= 15 is 0 Å². The van der Waals surface area contributed by atoms with Crippen LogP contribution in [0.25, 0.3) is 5.82 Å². The molecule has 2 heterocycles. The van der Waals surface area contributed by atoms with Crippen molar-refractivity contribution < 1.29 is 0 Å². The van der Waals surface area contributed by atoms with E-state index in [1.165, 1.54) is 0 Å². The molecule has 0 aliphatic heterocycles. The third-order valence-corrected chi connectivity index (χ3v) is 4.41. The van der Waals surface area contributed by atoms with Crippen molar-refractivity contribution in [3.63, 3.8) is 0 Å². The molecule has 0 amide bonds. The van der Waals surface area contributed by atoms with Crippen LogP contribution in [0, 0.1) is 20.8 Å². The van der Waals surface area contributed by atoms with Crippen LogP contribution in [0.3, 0.4) is 0 Å². The number of pyridine rings is 1. The van der Waals surface area contributed by atoms with Crippen LogP contribution in [-0.2, 0) is 0 Å². The van der Waals surface area contributed by atoms with Crippen LogP contribution in [-0.4, -0.2) is 14.8 Å². The van der Waals surface area contributed by atoms with Gasteiger partial charge >= 0.3 is 0 Å². The lowest BCUT2D eigenvalue weighted by atomic mass is 10.3. The molecule has 0 N–H and O–H groups in total. The van der Waals surface area contributed by atoms with Gasteiger partial charge in [0, 0.05) is 4.47 Å². The highest BCUT2D eigenvalue weighted by atomic mass is 79.9. The lowest BCUT2D eigenvalue weighted by Crippen LogP contribution is -2.03. The Kier molecular flexibility index (Phi) is 3.17. The number of aryl methyl sites for hydroxylation is 2. The Bertz CT molecular complexity index is 546. The Hall–Kier alpha value is -0.680. The number of hydrogen-bond acceptors (Lipinski definition) is 2. The van der Waals surface area contributed by atoms with Gasteiger partial charge in [0.1, 0.15) is 0 Å². The minimum atomic E-state index is 0.840. The summed E-state index contributed by atoms with van der Waals surface area (Å²) in [6.45, 7) is 5.96. The standard InChI is InChI=1S/C11H11Br2N3/c1-6-9(12)4-5-10(14-6)16-8(3)11(13)7(2)15-16/h4-5H,1-3H3. The summed E-state index contributed by atoms with van der Waals surface area (Å²) in [5, 5.41) is 4.44. The van der Waals surface area contributed by atoms with Gasteiger partial charge in [-0.2, -0.15) is 5.10 Å². The molecule has 16 heavy (non-hydrogen) atoms. The van der Waals surface area contributed by atoms with E-state index in [0.717, 1.165) is 31.8 Å². The van der Waals surface area contributed by atoms with Crippen LogP contribution >= 0.6 is 31.9 Å². The molecule has 0 aliphatic carbocycles. The van der Waals surface area contributed by atoms with E-state index in [-0.39, 0.29) is 0 Å². The highest BCUT2D eigenvalue weighted by molar-refractivity contribution is 9.10. The minimum Gasteiger partial charge on any atom is -0.233 e. The third kappa shape index (κ3) is 1.94. The smallest absolute Gasteiger partial charge is 0.154 e. The maximum Gasteiger partial charge on any atom is 0.154 e. The Labute approximate surface area is 111 Å². The lowest BCUT2D eigenvalue weighted by Gasteiger charge is -2.05. The van der Waals surface area contributed by atoms with Gasteiger partial charge in [-0.1, -0.05) is 0 Å². The Balaban J connectivity index is 2.59. The van der Waals surface area contributed by atoms with E-state index in [4.69, 9.17) is 0 Å².